The minimum Gasteiger partial charge on any atom is -0.352 e. The zero-order chi connectivity index (χ0) is 67.9. The van der Waals surface area contributed by atoms with Crippen LogP contribution in [0.3, 0.4) is 0 Å². The average Bonchev–Trinajstić information content (AvgIpc) is 1.67. The van der Waals surface area contributed by atoms with Crippen molar-refractivity contribution >= 4 is 116 Å². The number of aryl methyl sites for hydroxylation is 14. The van der Waals surface area contributed by atoms with Crippen molar-refractivity contribution in [3.63, 3.8) is 0 Å². The second-order valence-corrected chi connectivity index (χ2v) is 25.8. The summed E-state index contributed by atoms with van der Waals surface area (Å²) in [7, 11) is 14.5. The molecule has 0 spiro atoms. The van der Waals surface area contributed by atoms with Gasteiger partial charge in [0.25, 0.3) is 0 Å². The van der Waals surface area contributed by atoms with E-state index in [0.29, 0.717) is 0 Å². The van der Waals surface area contributed by atoms with E-state index in [1.807, 2.05) is 70.5 Å². The molecule has 0 radical (unpaired) electrons. The fourth-order valence-electron chi connectivity index (χ4n) is 14.0. The van der Waals surface area contributed by atoms with E-state index in [9.17, 15) is 0 Å². The maximum Gasteiger partial charge on any atom is 0.144 e. The number of benzene rings is 1. The van der Waals surface area contributed by atoms with Crippen molar-refractivity contribution in [1.29, 1.82) is 0 Å². The molecule has 490 valence electrons. The highest BCUT2D eigenvalue weighted by Gasteiger charge is 2.15. The summed E-state index contributed by atoms with van der Waals surface area (Å²) in [5.74, 6) is 2.11. The van der Waals surface area contributed by atoms with Gasteiger partial charge in [-0.3, -0.25) is 4.40 Å². The van der Waals surface area contributed by atoms with Crippen LogP contribution < -0.4 is 0 Å². The second kappa shape index (κ2) is 24.6. The smallest absolute Gasteiger partial charge is 0.144 e. The zero-order valence-electron chi connectivity index (χ0n) is 58.1. The first-order chi connectivity index (χ1) is 47.4. The Morgan fingerprint density at radius 2 is 0.827 bits per heavy atom. The third-order valence-corrected chi connectivity index (χ3v) is 19.9. The standard InChI is InChI=1S/4C12H12N2.3C11H11N3/c1-9-12-10(8-13(9)2)7-11-5-3-4-6-14(11)12;1-9-11-7-10-5-3-4-6-14(10)12(11)8-13(9)2;1-9-7-10-8-11-5-3-4-6-14(11)12(10)13(9)2;1-9-7-14-8-10-5-3-4-6-11(10)12(14)13(9)2;1-8-12-9-7-14-6-4-3-5-10(14)11(9)13(8)2;1-8-11-9(7-13(8)2)12-10-5-3-4-6-14(10)11;1-8-12-10-7-9-5-3-4-6-14(9)11(10)13(8)2/h4*3-8H,1-2H3;3*3-7H,1-2H3. The average molecular weight is 1290 g/mol. The van der Waals surface area contributed by atoms with Crippen molar-refractivity contribution in [3.05, 3.63) is 278 Å². The number of aromatic nitrogens is 17. The summed E-state index contributed by atoms with van der Waals surface area (Å²) < 4.78 is 30.4. The molecule has 98 heavy (non-hydrogen) atoms. The highest BCUT2D eigenvalue weighted by atomic mass is 15.1. The van der Waals surface area contributed by atoms with Gasteiger partial charge in [-0.15, -0.1) is 0 Å². The molecule has 0 aliphatic rings. The van der Waals surface area contributed by atoms with Crippen LogP contribution in [0.1, 0.15) is 40.1 Å². The molecule has 0 aliphatic carbocycles. The Morgan fingerprint density at radius 3 is 1.57 bits per heavy atom. The lowest BCUT2D eigenvalue weighted by Gasteiger charge is -2.00. The van der Waals surface area contributed by atoms with E-state index in [4.69, 9.17) is 0 Å². The molecule has 0 aliphatic heterocycles. The first-order valence-corrected chi connectivity index (χ1v) is 33.1. The third-order valence-electron chi connectivity index (χ3n) is 19.9. The Hall–Kier alpha value is -12.1. The molecule has 17 nitrogen and oxygen atoms in total. The molecule has 1 aromatic carbocycles. The lowest BCUT2D eigenvalue weighted by Crippen LogP contribution is -1.94. The van der Waals surface area contributed by atoms with Crippen LogP contribution in [0, 0.1) is 48.5 Å². The summed E-state index contributed by atoms with van der Waals surface area (Å²) in [5.41, 5.74) is 25.6. The van der Waals surface area contributed by atoms with Gasteiger partial charge in [0.2, 0.25) is 0 Å². The molecule has 17 heteroatoms. The monoisotopic (exact) mass is 1290 g/mol. The topological polar surface area (TPSA) is 104 Å². The predicted octanol–water partition coefficient (Wildman–Crippen LogP) is 17.4. The lowest BCUT2D eigenvalue weighted by atomic mass is 10.2. The molecule has 0 saturated heterocycles. The van der Waals surface area contributed by atoms with Crippen molar-refractivity contribution in [2.24, 2.45) is 49.3 Å². The van der Waals surface area contributed by atoms with Crippen molar-refractivity contribution in [2.75, 3.05) is 0 Å². The van der Waals surface area contributed by atoms with Crippen molar-refractivity contribution in [2.45, 2.75) is 48.5 Å². The van der Waals surface area contributed by atoms with E-state index >= 15 is 0 Å². The van der Waals surface area contributed by atoms with Crippen LogP contribution in [0.4, 0.5) is 0 Å². The molecule has 0 fully saturated rings. The summed E-state index contributed by atoms with van der Waals surface area (Å²) in [6, 6.07) is 56.8. The second-order valence-electron chi connectivity index (χ2n) is 25.8. The third kappa shape index (κ3) is 10.6. The quantitative estimate of drug-likeness (QED) is 0.151. The van der Waals surface area contributed by atoms with Crippen LogP contribution in [-0.4, -0.2) is 77.7 Å². The Kier molecular flexibility index (Phi) is 15.6. The summed E-state index contributed by atoms with van der Waals surface area (Å²) in [5, 5.41) is 6.60. The normalized spacial score (nSPS) is 11.6. The fourth-order valence-corrected chi connectivity index (χ4v) is 14.0. The molecule has 20 heterocycles. The molecular weight excluding hydrogens is 1210 g/mol. The Labute approximate surface area is 566 Å². The SMILES string of the molecule is Cc1c2c(cc3ccccn32)cn1C.Cc1c2c(cn1C)nc1ccccn12.Cc1c2cc3ccccn3c2cn1C.Cc1cc2cc3ccccn3c2n1C.Cc1cn2cc3ccccc3c2n1C.Cc1nc2cc3ccccn3c2n1C.Cc1nc2cn3ccccc3c2n1C. The van der Waals surface area contributed by atoms with Crippen LogP contribution >= 0.6 is 0 Å². The minimum absolute atomic E-state index is 1.02. The molecule has 20 aromatic heterocycles. The predicted molar refractivity (Wildman–Crippen MR) is 404 cm³/mol. The minimum atomic E-state index is 1.02. The summed E-state index contributed by atoms with van der Waals surface area (Å²) in [6.45, 7) is 14.7. The van der Waals surface area contributed by atoms with Gasteiger partial charge in [0, 0.05) is 201 Å². The van der Waals surface area contributed by atoms with E-state index in [2.05, 4.69) is 343 Å². The van der Waals surface area contributed by atoms with Gasteiger partial charge in [0.1, 0.15) is 50.8 Å². The number of fused-ring (bicyclic) bond motifs is 21. The van der Waals surface area contributed by atoms with E-state index in [0.717, 1.165) is 39.5 Å². The fraction of sp³-hybridized carbons (Fsp3) is 0.173. The zero-order valence-corrected chi connectivity index (χ0v) is 58.1. The van der Waals surface area contributed by atoms with Crippen LogP contribution in [0.25, 0.3) is 116 Å². The Bertz CT molecular complexity index is 5630. The molecule has 0 saturated carbocycles. The molecule has 0 atom stereocenters. The van der Waals surface area contributed by atoms with Gasteiger partial charge in [-0.2, -0.15) is 0 Å². The maximum atomic E-state index is 4.54. The van der Waals surface area contributed by atoms with E-state index in [1.165, 1.54) is 116 Å². The molecule has 21 aromatic rings. The van der Waals surface area contributed by atoms with E-state index in [-0.39, 0.29) is 0 Å². The van der Waals surface area contributed by atoms with Gasteiger partial charge in [-0.25, -0.2) is 15.0 Å². The molecule has 0 N–H and O–H groups in total. The molecule has 21 rings (SSSR count). The number of pyridine rings is 6. The van der Waals surface area contributed by atoms with Crippen molar-refractivity contribution in [3.8, 4) is 0 Å². The summed E-state index contributed by atoms with van der Waals surface area (Å²) >= 11 is 0. The highest BCUT2D eigenvalue weighted by molar-refractivity contribution is 5.96. The first-order valence-electron chi connectivity index (χ1n) is 33.1. The van der Waals surface area contributed by atoms with Gasteiger partial charge < -0.3 is 58.4 Å². The van der Waals surface area contributed by atoms with Gasteiger partial charge >= 0.3 is 0 Å². The highest BCUT2D eigenvalue weighted by Crippen LogP contribution is 2.29. The first kappa shape index (κ1) is 62.0. The molecule has 0 unspecified atom stereocenters. The van der Waals surface area contributed by atoms with E-state index in [1.54, 1.807) is 0 Å². The Balaban J connectivity index is 0.0000000933. The molecular formula is C81H81N17. The van der Waals surface area contributed by atoms with Gasteiger partial charge in [0.15, 0.2) is 0 Å². The van der Waals surface area contributed by atoms with Crippen LogP contribution in [0.15, 0.2) is 238 Å². The van der Waals surface area contributed by atoms with Crippen molar-refractivity contribution in [1.82, 2.24) is 77.7 Å². The van der Waals surface area contributed by atoms with E-state index < -0.39 is 0 Å². The molecule has 0 amide bonds. The van der Waals surface area contributed by atoms with Gasteiger partial charge in [-0.1, -0.05) is 60.7 Å². The summed E-state index contributed by atoms with van der Waals surface area (Å²) in [6.07, 6.45) is 25.3. The van der Waals surface area contributed by atoms with Gasteiger partial charge in [-0.05, 0) is 152 Å². The largest absolute Gasteiger partial charge is 0.352 e. The van der Waals surface area contributed by atoms with Crippen LogP contribution in [-0.2, 0) is 49.3 Å². The molecule has 0 bridgehead atoms. The van der Waals surface area contributed by atoms with Crippen molar-refractivity contribution < 1.29 is 0 Å². The maximum absolute atomic E-state index is 4.54. The number of imidazole rings is 4. The van der Waals surface area contributed by atoms with Gasteiger partial charge in [0.05, 0.1) is 27.6 Å². The van der Waals surface area contributed by atoms with Crippen LogP contribution in [0.5, 0.6) is 0 Å². The Morgan fingerprint density at radius 1 is 0.286 bits per heavy atom. The van der Waals surface area contributed by atoms with Crippen LogP contribution in [0.2, 0.25) is 0 Å². The number of hydrogen-bond acceptors (Lipinski definition) is 3. The number of rotatable bonds is 0. The number of hydrogen-bond donors (Lipinski definition) is 0. The lowest BCUT2D eigenvalue weighted by molar-refractivity contribution is 0.865. The number of nitrogens with zero attached hydrogens (tertiary/aromatic N) is 17. The summed E-state index contributed by atoms with van der Waals surface area (Å²) in [4.78, 5) is 13.5.